The number of unbranched alkanes of at least 4 members (excludes halogenated alkanes) is 1. The number of amides is 2. The molecule has 0 spiro atoms. The predicted octanol–water partition coefficient (Wildman–Crippen LogP) is 4.31. The maximum absolute atomic E-state index is 13.0. The molecule has 13 heteroatoms. The largest absolute Gasteiger partial charge is 0.480 e. The van der Waals surface area contributed by atoms with Gasteiger partial charge in [-0.05, 0) is 51.0 Å². The van der Waals surface area contributed by atoms with Crippen molar-refractivity contribution >= 4 is 80.2 Å². The molecule has 1 fully saturated rings. The summed E-state index contributed by atoms with van der Waals surface area (Å²) in [6.45, 7) is 4.97. The molecule has 0 radical (unpaired) electrons. The number of carboxylic acids is 1. The van der Waals surface area contributed by atoms with Crippen molar-refractivity contribution in [3.63, 3.8) is 0 Å². The summed E-state index contributed by atoms with van der Waals surface area (Å²) in [5.74, 6) is -0.0155. The highest BCUT2D eigenvalue weighted by atomic mass is 33.1. The molecule has 228 valence electrons. The minimum atomic E-state index is -1.19. The second-order valence-electron chi connectivity index (χ2n) is 9.87. The lowest BCUT2D eigenvalue weighted by atomic mass is 9.99. The van der Waals surface area contributed by atoms with E-state index >= 15 is 0 Å². The molecule has 0 aromatic carbocycles. The topological polar surface area (TPSA) is 147 Å². The fourth-order valence-corrected chi connectivity index (χ4v) is 9.09. The molecule has 1 rings (SSSR count). The van der Waals surface area contributed by atoms with Crippen LogP contribution in [-0.4, -0.2) is 85.8 Å². The standard InChI is InChI=1S/C27H44N2O7S4/c1-4-5-14-37-23-10-11-24(23)38-15-6-7-22(32)20(28-25(33)12-8-18(2)30)16-39-40-17-21(27(35)36)29-26(34)13-9-19(3)31/h20-21,23-24H,4-17H2,1-3H3,(H,28,33)(H,29,34)(H,35,36). The second kappa shape index (κ2) is 21.5. The third-order valence-corrected chi connectivity index (χ3v) is 11.8. The van der Waals surface area contributed by atoms with E-state index in [4.69, 9.17) is 0 Å². The predicted molar refractivity (Wildman–Crippen MR) is 167 cm³/mol. The van der Waals surface area contributed by atoms with Crippen molar-refractivity contribution in [1.29, 1.82) is 0 Å². The van der Waals surface area contributed by atoms with Crippen molar-refractivity contribution in [3.05, 3.63) is 0 Å². The number of hydrogen-bond donors (Lipinski definition) is 3. The smallest absolute Gasteiger partial charge is 0.327 e. The van der Waals surface area contributed by atoms with Gasteiger partial charge in [-0.1, -0.05) is 34.9 Å². The fourth-order valence-electron chi connectivity index (χ4n) is 3.59. The number of rotatable bonds is 24. The summed E-state index contributed by atoms with van der Waals surface area (Å²) >= 11 is 3.99. The van der Waals surface area contributed by atoms with Gasteiger partial charge in [-0.2, -0.15) is 23.5 Å². The molecule has 4 unspecified atom stereocenters. The second-order valence-corrected chi connectivity index (χ2v) is 15.1. The van der Waals surface area contributed by atoms with Gasteiger partial charge in [0.25, 0.3) is 0 Å². The summed E-state index contributed by atoms with van der Waals surface area (Å²) in [6.07, 6.45) is 6.09. The molecule has 0 saturated heterocycles. The molecule has 0 bridgehead atoms. The lowest BCUT2D eigenvalue weighted by Gasteiger charge is -2.35. The van der Waals surface area contributed by atoms with E-state index in [1.807, 2.05) is 11.8 Å². The van der Waals surface area contributed by atoms with Crippen LogP contribution in [0.25, 0.3) is 0 Å². The van der Waals surface area contributed by atoms with E-state index < -0.39 is 24.0 Å². The van der Waals surface area contributed by atoms with Crippen LogP contribution in [-0.2, 0) is 28.8 Å². The highest BCUT2D eigenvalue weighted by Gasteiger charge is 2.31. The summed E-state index contributed by atoms with van der Waals surface area (Å²) in [6, 6.07) is -1.87. The average Bonchev–Trinajstić information content (AvgIpc) is 2.88. The quantitative estimate of drug-likeness (QED) is 0.103. The number of carbonyl (C=O) groups is 6. The summed E-state index contributed by atoms with van der Waals surface area (Å²) in [4.78, 5) is 71.1. The van der Waals surface area contributed by atoms with Gasteiger partial charge >= 0.3 is 5.97 Å². The molecule has 3 N–H and O–H groups in total. The van der Waals surface area contributed by atoms with Gasteiger partial charge in [0, 0.05) is 54.1 Å². The van der Waals surface area contributed by atoms with E-state index in [0.717, 1.165) is 12.2 Å². The van der Waals surface area contributed by atoms with Crippen LogP contribution >= 0.6 is 45.1 Å². The first-order valence-electron chi connectivity index (χ1n) is 13.8. The Bertz CT molecular complexity index is 859. The first-order valence-corrected chi connectivity index (χ1v) is 18.4. The van der Waals surface area contributed by atoms with E-state index in [1.165, 1.54) is 66.9 Å². The number of aliphatic carboxylic acids is 1. The van der Waals surface area contributed by atoms with Gasteiger partial charge in [0.15, 0.2) is 5.78 Å². The summed E-state index contributed by atoms with van der Waals surface area (Å²) in [5, 5.41) is 15.9. The Kier molecular flexibility index (Phi) is 19.8. The highest BCUT2D eigenvalue weighted by Crippen LogP contribution is 2.40. The third-order valence-electron chi connectivity index (χ3n) is 6.20. The first-order chi connectivity index (χ1) is 19.0. The van der Waals surface area contributed by atoms with Crippen LogP contribution in [0.4, 0.5) is 0 Å². The molecule has 0 aromatic heterocycles. The number of nitrogens with one attached hydrogen (secondary N) is 2. The van der Waals surface area contributed by atoms with Crippen molar-refractivity contribution in [3.8, 4) is 0 Å². The molecular formula is C27H44N2O7S4. The maximum atomic E-state index is 13.0. The number of carboxylic acid groups (broad SMARTS) is 1. The monoisotopic (exact) mass is 636 g/mol. The van der Waals surface area contributed by atoms with Crippen LogP contribution in [0.3, 0.4) is 0 Å². The van der Waals surface area contributed by atoms with Crippen molar-refractivity contribution in [2.75, 3.05) is 23.0 Å². The first kappa shape index (κ1) is 36.8. The van der Waals surface area contributed by atoms with Crippen LogP contribution in [0, 0.1) is 0 Å². The summed E-state index contributed by atoms with van der Waals surface area (Å²) in [7, 11) is 2.44. The van der Waals surface area contributed by atoms with Gasteiger partial charge in [0.1, 0.15) is 17.6 Å². The van der Waals surface area contributed by atoms with Crippen LogP contribution in [0.2, 0.25) is 0 Å². The Hall–Kier alpha value is -1.18. The Balaban J connectivity index is 2.52. The molecule has 9 nitrogen and oxygen atoms in total. The maximum Gasteiger partial charge on any atom is 0.327 e. The van der Waals surface area contributed by atoms with Crippen molar-refractivity contribution < 1.29 is 33.9 Å². The minimum absolute atomic E-state index is 0.0128. The molecule has 4 atom stereocenters. The van der Waals surface area contributed by atoms with Crippen molar-refractivity contribution in [1.82, 2.24) is 10.6 Å². The zero-order valence-corrected chi connectivity index (χ0v) is 27.0. The molecule has 1 aliphatic rings. The van der Waals surface area contributed by atoms with E-state index in [-0.39, 0.29) is 60.4 Å². The van der Waals surface area contributed by atoms with Gasteiger partial charge in [0.05, 0.1) is 6.04 Å². The molecule has 2 amide bonds. The lowest BCUT2D eigenvalue weighted by Crippen LogP contribution is -2.43. The molecule has 0 aromatic rings. The molecule has 0 heterocycles. The normalized spacial score (nSPS) is 17.8. The molecule has 40 heavy (non-hydrogen) atoms. The highest BCUT2D eigenvalue weighted by molar-refractivity contribution is 8.76. The van der Waals surface area contributed by atoms with E-state index in [2.05, 4.69) is 29.3 Å². The third kappa shape index (κ3) is 16.9. The molecule has 1 aliphatic carbocycles. The number of carbonyl (C=O) groups excluding carboxylic acids is 5. The summed E-state index contributed by atoms with van der Waals surface area (Å²) < 4.78 is 0. The van der Waals surface area contributed by atoms with Crippen LogP contribution < -0.4 is 10.6 Å². The van der Waals surface area contributed by atoms with Gasteiger partial charge in [-0.3, -0.25) is 14.4 Å². The average molecular weight is 637 g/mol. The number of ketones is 3. The fraction of sp³-hybridized carbons (Fsp3) is 0.778. The molecule has 0 aliphatic heterocycles. The van der Waals surface area contributed by atoms with Crippen LogP contribution in [0.15, 0.2) is 0 Å². The Labute approximate surface area is 254 Å². The van der Waals surface area contributed by atoms with E-state index in [0.29, 0.717) is 16.9 Å². The van der Waals surface area contributed by atoms with Gasteiger partial charge in [-0.15, -0.1) is 0 Å². The Morgan fingerprint density at radius 1 is 0.725 bits per heavy atom. The molecular weight excluding hydrogens is 593 g/mol. The van der Waals surface area contributed by atoms with E-state index in [9.17, 15) is 33.9 Å². The number of Topliss-reactive ketones (excluding diaryl/α,β-unsaturated/α-hetero) is 3. The van der Waals surface area contributed by atoms with Crippen LogP contribution in [0.5, 0.6) is 0 Å². The summed E-state index contributed by atoms with van der Waals surface area (Å²) in [5.41, 5.74) is 0. The van der Waals surface area contributed by atoms with Crippen LogP contribution in [0.1, 0.15) is 85.0 Å². The number of thioether (sulfide) groups is 2. The Morgan fingerprint density at radius 3 is 1.65 bits per heavy atom. The van der Waals surface area contributed by atoms with Gasteiger partial charge in [0.2, 0.25) is 11.8 Å². The van der Waals surface area contributed by atoms with Gasteiger partial charge in [-0.25, -0.2) is 4.79 Å². The zero-order chi connectivity index (χ0) is 29.9. The minimum Gasteiger partial charge on any atom is -0.480 e. The zero-order valence-electron chi connectivity index (χ0n) is 23.7. The number of hydrogen-bond acceptors (Lipinski definition) is 10. The van der Waals surface area contributed by atoms with E-state index in [1.54, 1.807) is 0 Å². The Morgan fingerprint density at radius 2 is 1.20 bits per heavy atom. The molecule has 1 saturated carbocycles. The SMILES string of the molecule is CCCCSC1CCC1SCCCC(=O)C(CSSCC(NC(=O)CCC(C)=O)C(=O)O)NC(=O)CCC(C)=O. The lowest BCUT2D eigenvalue weighted by molar-refractivity contribution is -0.141. The van der Waals surface area contributed by atoms with Gasteiger partial charge < -0.3 is 25.3 Å². The van der Waals surface area contributed by atoms with Crippen molar-refractivity contribution in [2.24, 2.45) is 0 Å². The van der Waals surface area contributed by atoms with Crippen molar-refractivity contribution in [2.45, 2.75) is 108 Å².